The molecule has 0 amide bonds. The summed E-state index contributed by atoms with van der Waals surface area (Å²) in [5, 5.41) is 8.12. The Balaban J connectivity index is 1.98. The molecule has 1 fully saturated rings. The second-order valence-corrected chi connectivity index (χ2v) is 4.73. The number of aromatic nitrogens is 4. The average molecular weight is 246 g/mol. The predicted molar refractivity (Wildman–Crippen MR) is 69.4 cm³/mol. The highest BCUT2D eigenvalue weighted by molar-refractivity contribution is 5.63. The van der Waals surface area contributed by atoms with Crippen molar-refractivity contribution in [3.05, 3.63) is 18.7 Å². The Labute approximate surface area is 106 Å². The third kappa shape index (κ3) is 1.92. The van der Waals surface area contributed by atoms with Gasteiger partial charge in [-0.1, -0.05) is 0 Å². The molecule has 1 unspecified atom stereocenters. The molecule has 0 aromatic carbocycles. The van der Waals surface area contributed by atoms with E-state index < -0.39 is 0 Å². The van der Waals surface area contributed by atoms with Crippen molar-refractivity contribution in [3.63, 3.8) is 0 Å². The summed E-state index contributed by atoms with van der Waals surface area (Å²) in [5.74, 6) is 0.938. The van der Waals surface area contributed by atoms with Crippen molar-refractivity contribution in [3.8, 4) is 0 Å². The van der Waals surface area contributed by atoms with Crippen LogP contribution in [0.5, 0.6) is 0 Å². The minimum atomic E-state index is 0.485. The van der Waals surface area contributed by atoms with Crippen molar-refractivity contribution < 1.29 is 0 Å². The van der Waals surface area contributed by atoms with E-state index in [1.807, 2.05) is 10.6 Å². The zero-order valence-corrected chi connectivity index (χ0v) is 10.4. The highest BCUT2D eigenvalue weighted by Gasteiger charge is 2.25. The molecule has 96 valence electrons. The highest BCUT2D eigenvalue weighted by Crippen LogP contribution is 2.26. The van der Waals surface area contributed by atoms with Gasteiger partial charge in [-0.3, -0.25) is 4.40 Å². The Morgan fingerprint density at radius 2 is 2.33 bits per heavy atom. The summed E-state index contributed by atoms with van der Waals surface area (Å²) in [5.41, 5.74) is 6.55. The van der Waals surface area contributed by atoms with Gasteiger partial charge in [-0.2, -0.15) is 0 Å². The van der Waals surface area contributed by atoms with Crippen molar-refractivity contribution >= 4 is 11.5 Å². The Morgan fingerprint density at radius 1 is 1.39 bits per heavy atom. The third-order valence-electron chi connectivity index (χ3n) is 3.60. The summed E-state index contributed by atoms with van der Waals surface area (Å²) in [6, 6.07) is 0.485. The van der Waals surface area contributed by atoms with Crippen molar-refractivity contribution in [2.24, 2.45) is 5.73 Å². The first kappa shape index (κ1) is 11.4. The molecule has 2 N–H and O–H groups in total. The van der Waals surface area contributed by atoms with E-state index >= 15 is 0 Å². The van der Waals surface area contributed by atoms with Crippen LogP contribution in [0.15, 0.2) is 18.7 Å². The fraction of sp³-hybridized carbons (Fsp3) is 0.583. The Bertz CT molecular complexity index is 520. The van der Waals surface area contributed by atoms with E-state index in [0.717, 1.165) is 31.0 Å². The number of rotatable bonds is 3. The number of anilines is 1. The molecule has 3 rings (SSSR count). The van der Waals surface area contributed by atoms with Crippen molar-refractivity contribution in [2.75, 3.05) is 18.0 Å². The largest absolute Gasteiger partial charge is 0.350 e. The van der Waals surface area contributed by atoms with Gasteiger partial charge in [0.1, 0.15) is 6.33 Å². The number of nitrogens with two attached hydrogens (primary N) is 1. The number of nitrogens with zero attached hydrogens (tertiary/aromatic N) is 5. The van der Waals surface area contributed by atoms with E-state index in [2.05, 4.69) is 20.1 Å². The second kappa shape index (κ2) is 4.89. The number of fused-ring (bicyclic) bond motifs is 1. The van der Waals surface area contributed by atoms with Gasteiger partial charge in [0.05, 0.1) is 0 Å². The van der Waals surface area contributed by atoms with Crippen LogP contribution in [0, 0.1) is 0 Å². The van der Waals surface area contributed by atoms with Gasteiger partial charge in [0.25, 0.3) is 0 Å². The summed E-state index contributed by atoms with van der Waals surface area (Å²) < 4.78 is 1.91. The highest BCUT2D eigenvalue weighted by atomic mass is 15.3. The molecular formula is C12H18N6. The van der Waals surface area contributed by atoms with Crippen molar-refractivity contribution in [1.29, 1.82) is 0 Å². The summed E-state index contributed by atoms with van der Waals surface area (Å²) in [7, 11) is 0. The van der Waals surface area contributed by atoms with E-state index in [-0.39, 0.29) is 0 Å². The number of hydrogen-bond acceptors (Lipinski definition) is 5. The predicted octanol–water partition coefficient (Wildman–Crippen LogP) is 0.832. The Hall–Kier alpha value is -1.69. The monoisotopic (exact) mass is 246 g/mol. The molecule has 3 heterocycles. The summed E-state index contributed by atoms with van der Waals surface area (Å²) in [6.45, 7) is 1.75. The van der Waals surface area contributed by atoms with Crippen LogP contribution in [0.1, 0.15) is 25.7 Å². The molecule has 0 bridgehead atoms. The lowest BCUT2D eigenvalue weighted by atomic mass is 9.99. The average Bonchev–Trinajstić information content (AvgIpc) is 2.88. The summed E-state index contributed by atoms with van der Waals surface area (Å²) >= 11 is 0. The van der Waals surface area contributed by atoms with Crippen LogP contribution in [0.4, 0.5) is 5.82 Å². The third-order valence-corrected chi connectivity index (χ3v) is 3.60. The zero-order valence-electron chi connectivity index (χ0n) is 10.4. The van der Waals surface area contributed by atoms with Gasteiger partial charge in [0, 0.05) is 25.0 Å². The van der Waals surface area contributed by atoms with Gasteiger partial charge in [-0.25, -0.2) is 4.98 Å². The molecule has 1 saturated heterocycles. The van der Waals surface area contributed by atoms with Crippen LogP contribution >= 0.6 is 0 Å². The maximum Gasteiger partial charge on any atom is 0.203 e. The molecule has 6 nitrogen and oxygen atoms in total. The molecule has 2 aromatic heterocycles. The molecule has 0 radical (unpaired) electrons. The summed E-state index contributed by atoms with van der Waals surface area (Å²) in [6.07, 6.45) is 10.1. The fourth-order valence-electron chi connectivity index (χ4n) is 2.72. The normalized spacial score (nSPS) is 20.5. The van der Waals surface area contributed by atoms with Gasteiger partial charge in [-0.15, -0.1) is 10.2 Å². The van der Waals surface area contributed by atoms with Crippen LogP contribution in [0.3, 0.4) is 0 Å². The van der Waals surface area contributed by atoms with Crippen molar-refractivity contribution in [2.45, 2.75) is 31.7 Å². The van der Waals surface area contributed by atoms with E-state index in [4.69, 9.17) is 5.73 Å². The Morgan fingerprint density at radius 3 is 3.22 bits per heavy atom. The minimum Gasteiger partial charge on any atom is -0.350 e. The molecule has 1 aliphatic heterocycles. The van der Waals surface area contributed by atoms with Gasteiger partial charge in [0.15, 0.2) is 5.82 Å². The molecule has 6 heteroatoms. The lowest BCUT2D eigenvalue weighted by molar-refractivity contribution is 0.439. The van der Waals surface area contributed by atoms with Gasteiger partial charge in [-0.05, 0) is 32.2 Å². The van der Waals surface area contributed by atoms with Gasteiger partial charge in [0.2, 0.25) is 5.65 Å². The molecular weight excluding hydrogens is 228 g/mol. The van der Waals surface area contributed by atoms with E-state index in [9.17, 15) is 0 Å². The van der Waals surface area contributed by atoms with E-state index in [0.29, 0.717) is 6.04 Å². The first-order valence-corrected chi connectivity index (χ1v) is 6.51. The van der Waals surface area contributed by atoms with Crippen LogP contribution < -0.4 is 10.6 Å². The topological polar surface area (TPSA) is 72.3 Å². The summed E-state index contributed by atoms with van der Waals surface area (Å²) in [4.78, 5) is 6.84. The lowest BCUT2D eigenvalue weighted by Crippen LogP contribution is -2.41. The number of hydrogen-bond donors (Lipinski definition) is 1. The quantitative estimate of drug-likeness (QED) is 0.868. The molecule has 2 aromatic rings. The van der Waals surface area contributed by atoms with Crippen LogP contribution in [0.25, 0.3) is 5.65 Å². The van der Waals surface area contributed by atoms with Crippen molar-refractivity contribution in [1.82, 2.24) is 19.6 Å². The Kier molecular flexibility index (Phi) is 3.10. The lowest BCUT2D eigenvalue weighted by Gasteiger charge is -2.36. The molecule has 1 aliphatic rings. The van der Waals surface area contributed by atoms with Crippen LogP contribution in [-0.4, -0.2) is 38.7 Å². The SMILES string of the molecule is NCCC1CCCCN1c1nccn2cnnc12. The standard InChI is InChI=1S/C12H18N6/c13-5-4-10-3-1-2-7-18(10)11-12-16-15-9-17(12)8-6-14-11/h6,8-10H,1-5,7,13H2. The molecule has 0 spiro atoms. The molecule has 0 saturated carbocycles. The first-order chi connectivity index (χ1) is 8.90. The zero-order chi connectivity index (χ0) is 12.4. The first-order valence-electron chi connectivity index (χ1n) is 6.51. The van der Waals surface area contributed by atoms with Crippen LogP contribution in [0.2, 0.25) is 0 Å². The van der Waals surface area contributed by atoms with Crippen LogP contribution in [-0.2, 0) is 0 Å². The maximum atomic E-state index is 5.71. The molecule has 0 aliphatic carbocycles. The smallest absolute Gasteiger partial charge is 0.203 e. The van der Waals surface area contributed by atoms with Gasteiger partial charge < -0.3 is 10.6 Å². The molecule has 1 atom stereocenters. The minimum absolute atomic E-state index is 0.485. The number of piperidine rings is 1. The molecule has 18 heavy (non-hydrogen) atoms. The van der Waals surface area contributed by atoms with Gasteiger partial charge >= 0.3 is 0 Å². The van der Waals surface area contributed by atoms with E-state index in [1.165, 1.54) is 19.3 Å². The van der Waals surface area contributed by atoms with E-state index in [1.54, 1.807) is 12.5 Å². The fourth-order valence-corrected chi connectivity index (χ4v) is 2.72. The second-order valence-electron chi connectivity index (χ2n) is 4.73. The maximum absolute atomic E-state index is 5.71.